The Balaban J connectivity index is 2.71. The third-order valence-electron chi connectivity index (χ3n) is 1.69. The highest BCUT2D eigenvalue weighted by molar-refractivity contribution is 5.68. The molecule has 0 saturated carbocycles. The molecule has 0 aromatic carbocycles. The van der Waals surface area contributed by atoms with Gasteiger partial charge in [-0.25, -0.2) is 0 Å². The summed E-state index contributed by atoms with van der Waals surface area (Å²) in [5, 5.41) is 0. The highest BCUT2D eigenvalue weighted by Gasteiger charge is 2.23. The van der Waals surface area contributed by atoms with Gasteiger partial charge in [0.1, 0.15) is 7.05 Å². The first kappa shape index (κ1) is 5.60. The molecule has 0 N–H and O–H groups in total. The number of nitrogens with zero attached hydrogens (tertiary/aromatic N) is 1. The smallest absolute Gasteiger partial charge is 0.333 e. The summed E-state index contributed by atoms with van der Waals surface area (Å²) in [5.41, 5.74) is 0. The molecule has 2 nitrogen and oxygen atoms in total. The van der Waals surface area contributed by atoms with Gasteiger partial charge in [-0.15, -0.1) is 0 Å². The summed E-state index contributed by atoms with van der Waals surface area (Å²) in [6.45, 7) is 4.99. The van der Waals surface area contributed by atoms with Gasteiger partial charge in [0.25, 0.3) is 0 Å². The van der Waals surface area contributed by atoms with E-state index >= 15 is 0 Å². The van der Waals surface area contributed by atoms with Crippen LogP contribution in [-0.4, -0.2) is 30.2 Å². The molecule has 1 aliphatic rings. The zero-order chi connectivity index (χ0) is 6.15. The topological polar surface area (TPSA) is 12.2 Å². The van der Waals surface area contributed by atoms with Crippen LogP contribution in [0.2, 0.25) is 0 Å². The van der Waals surface area contributed by atoms with E-state index in [0.29, 0.717) is 6.04 Å². The molecule has 0 bridgehead atoms. The van der Waals surface area contributed by atoms with Crippen molar-refractivity contribution in [1.29, 1.82) is 0 Å². The van der Waals surface area contributed by atoms with Crippen LogP contribution in [0.3, 0.4) is 0 Å². The van der Waals surface area contributed by atoms with Gasteiger partial charge in [-0.1, -0.05) is 0 Å². The second-order valence-electron chi connectivity index (χ2n) is 2.29. The Kier molecular flexibility index (Phi) is 1.24. The molecular formula is C6H12NO+. The average molecular weight is 114 g/mol. The normalized spacial score (nSPS) is 28.6. The van der Waals surface area contributed by atoms with Gasteiger partial charge in [0.15, 0.2) is 12.6 Å². The minimum atomic E-state index is 0.565. The summed E-state index contributed by atoms with van der Waals surface area (Å²) >= 11 is 0. The first-order valence-corrected chi connectivity index (χ1v) is 2.91. The van der Waals surface area contributed by atoms with Gasteiger partial charge in [-0.3, -0.25) is 0 Å². The van der Waals surface area contributed by atoms with Crippen LogP contribution in [-0.2, 0) is 4.74 Å². The Bertz CT molecular complexity index is 128. The lowest BCUT2D eigenvalue weighted by molar-refractivity contribution is -0.523. The van der Waals surface area contributed by atoms with E-state index in [2.05, 4.69) is 11.5 Å². The number of likely N-dealkylation sites (N-methyl/N-ethyl adjacent to an activating group) is 1. The fraction of sp³-hybridized carbons (Fsp3) is 0.833. The maximum Gasteiger partial charge on any atom is 0.333 e. The molecule has 1 heterocycles. The van der Waals surface area contributed by atoms with Crippen LogP contribution < -0.4 is 0 Å². The SMILES string of the molecule is CC1=[N+](C)[C@@H](C)CO1. The van der Waals surface area contributed by atoms with Crippen molar-refractivity contribution in [2.75, 3.05) is 13.7 Å². The fourth-order valence-electron chi connectivity index (χ4n) is 0.765. The molecule has 0 saturated heterocycles. The van der Waals surface area contributed by atoms with Crippen LogP contribution in [0, 0.1) is 0 Å². The van der Waals surface area contributed by atoms with E-state index < -0.39 is 0 Å². The second kappa shape index (κ2) is 1.77. The van der Waals surface area contributed by atoms with E-state index in [1.165, 1.54) is 0 Å². The van der Waals surface area contributed by atoms with Gasteiger partial charge in [0.2, 0.25) is 0 Å². The summed E-state index contributed by atoms with van der Waals surface area (Å²) in [5.74, 6) is 1.04. The predicted molar refractivity (Wildman–Crippen MR) is 32.3 cm³/mol. The predicted octanol–water partition coefficient (Wildman–Crippen LogP) is 0.466. The van der Waals surface area contributed by atoms with Crippen molar-refractivity contribution >= 4 is 5.90 Å². The third kappa shape index (κ3) is 0.703. The number of hydrogen-bond acceptors (Lipinski definition) is 1. The molecular weight excluding hydrogens is 102 g/mol. The van der Waals surface area contributed by atoms with E-state index in [9.17, 15) is 0 Å². The molecule has 1 aliphatic heterocycles. The molecule has 0 unspecified atom stereocenters. The number of ether oxygens (including phenoxy) is 1. The average Bonchev–Trinajstić information content (AvgIpc) is 1.98. The minimum Gasteiger partial charge on any atom is -0.441 e. The molecule has 0 spiro atoms. The first-order chi connectivity index (χ1) is 3.72. The lowest BCUT2D eigenvalue weighted by Gasteiger charge is -1.91. The summed E-state index contributed by atoms with van der Waals surface area (Å²) in [6.07, 6.45) is 0. The molecule has 1 rings (SSSR count). The molecule has 46 valence electrons. The zero-order valence-corrected chi connectivity index (χ0v) is 5.64. The largest absolute Gasteiger partial charge is 0.441 e. The Morgan fingerprint density at radius 2 is 2.38 bits per heavy atom. The molecule has 0 aromatic rings. The lowest BCUT2D eigenvalue weighted by Crippen LogP contribution is -2.17. The quantitative estimate of drug-likeness (QED) is 0.417. The minimum absolute atomic E-state index is 0.565. The molecule has 2 heteroatoms. The van der Waals surface area contributed by atoms with Crippen LogP contribution in [0.15, 0.2) is 0 Å². The number of hydrogen-bond donors (Lipinski definition) is 0. The summed E-state index contributed by atoms with van der Waals surface area (Å²) in [4.78, 5) is 0. The van der Waals surface area contributed by atoms with E-state index in [1.807, 2.05) is 14.0 Å². The van der Waals surface area contributed by atoms with Crippen molar-refractivity contribution in [3.63, 3.8) is 0 Å². The summed E-state index contributed by atoms with van der Waals surface area (Å²) in [7, 11) is 2.05. The zero-order valence-electron chi connectivity index (χ0n) is 5.64. The van der Waals surface area contributed by atoms with E-state index in [1.54, 1.807) is 0 Å². The molecule has 1 atom stereocenters. The fourth-order valence-corrected chi connectivity index (χ4v) is 0.765. The lowest BCUT2D eigenvalue weighted by atomic mass is 10.4. The Morgan fingerprint density at radius 1 is 1.75 bits per heavy atom. The number of rotatable bonds is 0. The van der Waals surface area contributed by atoms with E-state index in [0.717, 1.165) is 12.5 Å². The Morgan fingerprint density at radius 3 is 2.50 bits per heavy atom. The van der Waals surface area contributed by atoms with Crippen molar-refractivity contribution in [2.45, 2.75) is 19.9 Å². The molecule has 0 aliphatic carbocycles. The van der Waals surface area contributed by atoms with Crippen LogP contribution >= 0.6 is 0 Å². The summed E-state index contributed by atoms with van der Waals surface area (Å²) in [6, 6.07) is 0.565. The monoisotopic (exact) mass is 114 g/mol. The van der Waals surface area contributed by atoms with Gasteiger partial charge in [-0.05, 0) is 0 Å². The molecule has 8 heavy (non-hydrogen) atoms. The van der Waals surface area contributed by atoms with Gasteiger partial charge in [0, 0.05) is 6.92 Å². The maximum absolute atomic E-state index is 5.22. The van der Waals surface area contributed by atoms with Gasteiger partial charge in [0.05, 0.1) is 6.92 Å². The molecule has 0 aromatic heterocycles. The Hall–Kier alpha value is -0.530. The second-order valence-corrected chi connectivity index (χ2v) is 2.29. The van der Waals surface area contributed by atoms with E-state index in [4.69, 9.17) is 4.74 Å². The first-order valence-electron chi connectivity index (χ1n) is 2.91. The Labute approximate surface area is 49.8 Å². The van der Waals surface area contributed by atoms with Crippen LogP contribution in [0.25, 0.3) is 0 Å². The molecule has 0 amide bonds. The highest BCUT2D eigenvalue weighted by atomic mass is 16.5. The van der Waals surface area contributed by atoms with Gasteiger partial charge >= 0.3 is 5.90 Å². The van der Waals surface area contributed by atoms with Gasteiger partial charge < -0.3 is 4.74 Å². The van der Waals surface area contributed by atoms with Crippen LogP contribution in [0.1, 0.15) is 13.8 Å². The molecule has 0 fully saturated rings. The standard InChI is InChI=1S/C6H12NO/c1-5-4-8-6(2)7(5)3/h5H,4H2,1-3H3/q+1/t5-/m0/s1. The van der Waals surface area contributed by atoms with Crippen molar-refractivity contribution < 1.29 is 9.31 Å². The highest BCUT2D eigenvalue weighted by Crippen LogP contribution is 1.99. The van der Waals surface area contributed by atoms with Gasteiger partial charge in [-0.2, -0.15) is 4.58 Å². The van der Waals surface area contributed by atoms with E-state index in [-0.39, 0.29) is 0 Å². The maximum atomic E-state index is 5.22. The van der Waals surface area contributed by atoms with Crippen molar-refractivity contribution in [1.82, 2.24) is 0 Å². The third-order valence-corrected chi connectivity index (χ3v) is 1.69. The van der Waals surface area contributed by atoms with Crippen LogP contribution in [0.5, 0.6) is 0 Å². The van der Waals surface area contributed by atoms with Crippen LogP contribution in [0.4, 0.5) is 0 Å². The van der Waals surface area contributed by atoms with Crippen molar-refractivity contribution in [3.8, 4) is 0 Å². The van der Waals surface area contributed by atoms with Crippen molar-refractivity contribution in [3.05, 3.63) is 0 Å². The molecule has 0 radical (unpaired) electrons. The summed E-state index contributed by atoms with van der Waals surface area (Å²) < 4.78 is 7.36. The van der Waals surface area contributed by atoms with Crippen molar-refractivity contribution in [2.24, 2.45) is 0 Å².